The second-order valence-electron chi connectivity index (χ2n) is 3.93. The fourth-order valence-corrected chi connectivity index (χ4v) is 4.78. The highest BCUT2D eigenvalue weighted by Gasteiger charge is 2.58. The highest BCUT2D eigenvalue weighted by Crippen LogP contribution is 2.36. The van der Waals surface area contributed by atoms with Gasteiger partial charge in [0, 0.05) is 5.92 Å². The molecule has 2 aliphatic heterocycles. The van der Waals surface area contributed by atoms with Crippen molar-refractivity contribution in [2.75, 3.05) is 25.2 Å². The Bertz CT molecular complexity index is 364. The van der Waals surface area contributed by atoms with Crippen LogP contribution in [0, 0.1) is 5.92 Å². The van der Waals surface area contributed by atoms with Gasteiger partial charge in [-0.05, 0) is 13.0 Å². The summed E-state index contributed by atoms with van der Waals surface area (Å²) in [6.07, 6.45) is 0.730. The minimum absolute atomic E-state index is 0.106. The number of carbonyl (C=O) groups excluding carboxylic acids is 1. The fraction of sp³-hybridized carbons (Fsp3) is 0.875. The number of ether oxygens (including phenoxy) is 1. The summed E-state index contributed by atoms with van der Waals surface area (Å²) in [5, 5.41) is 2.98. The molecule has 0 aromatic carbocycles. The number of hydrogen-bond donors (Lipinski definition) is 1. The smallest absolute Gasteiger partial charge is 0.327 e. The van der Waals surface area contributed by atoms with E-state index in [9.17, 15) is 13.2 Å². The predicted octanol–water partition coefficient (Wildman–Crippen LogP) is -1.06. The number of hydrogen-bond acceptors (Lipinski definition) is 5. The molecule has 0 amide bonds. The van der Waals surface area contributed by atoms with E-state index in [2.05, 4.69) is 10.1 Å². The Kier molecular flexibility index (Phi) is 2.08. The zero-order valence-electron chi connectivity index (χ0n) is 7.95. The summed E-state index contributed by atoms with van der Waals surface area (Å²) in [6, 6.07) is 0. The Balaban J connectivity index is 2.37. The summed E-state index contributed by atoms with van der Waals surface area (Å²) < 4.78 is 27.5. The van der Waals surface area contributed by atoms with Crippen molar-refractivity contribution in [3.8, 4) is 0 Å². The van der Waals surface area contributed by atoms with Crippen molar-refractivity contribution in [1.82, 2.24) is 5.32 Å². The van der Waals surface area contributed by atoms with E-state index >= 15 is 0 Å². The van der Waals surface area contributed by atoms with E-state index in [0.717, 1.165) is 6.42 Å². The molecule has 0 spiro atoms. The van der Waals surface area contributed by atoms with Gasteiger partial charge in [0.1, 0.15) is 5.54 Å². The van der Waals surface area contributed by atoms with Crippen LogP contribution in [-0.2, 0) is 19.4 Å². The maximum atomic E-state index is 11.6. The molecule has 2 heterocycles. The molecule has 2 rings (SSSR count). The molecule has 5 nitrogen and oxygen atoms in total. The zero-order chi connectivity index (χ0) is 10.4. The molecule has 2 saturated heterocycles. The van der Waals surface area contributed by atoms with Gasteiger partial charge in [0.15, 0.2) is 9.84 Å². The minimum atomic E-state index is -3.08. The van der Waals surface area contributed by atoms with Gasteiger partial charge in [-0.1, -0.05) is 0 Å². The largest absolute Gasteiger partial charge is 0.468 e. The number of fused-ring (bicyclic) bond motifs is 1. The first-order valence-electron chi connectivity index (χ1n) is 4.54. The lowest BCUT2D eigenvalue weighted by Gasteiger charge is -2.24. The van der Waals surface area contributed by atoms with E-state index in [1.54, 1.807) is 0 Å². The maximum absolute atomic E-state index is 11.6. The first kappa shape index (κ1) is 9.92. The summed E-state index contributed by atoms with van der Waals surface area (Å²) in [5.74, 6) is -0.562. The number of nitrogens with one attached hydrogen (secondary N) is 1. The van der Waals surface area contributed by atoms with E-state index in [-0.39, 0.29) is 17.4 Å². The van der Waals surface area contributed by atoms with Crippen LogP contribution >= 0.6 is 0 Å². The Morgan fingerprint density at radius 2 is 2.29 bits per heavy atom. The van der Waals surface area contributed by atoms with Gasteiger partial charge < -0.3 is 10.1 Å². The second kappa shape index (κ2) is 2.93. The van der Waals surface area contributed by atoms with E-state index in [0.29, 0.717) is 6.54 Å². The van der Waals surface area contributed by atoms with Gasteiger partial charge in [-0.15, -0.1) is 0 Å². The maximum Gasteiger partial charge on any atom is 0.327 e. The van der Waals surface area contributed by atoms with Gasteiger partial charge in [-0.2, -0.15) is 0 Å². The first-order valence-corrected chi connectivity index (χ1v) is 6.36. The molecule has 0 aromatic heterocycles. The molecule has 2 aliphatic rings. The molecule has 0 aliphatic carbocycles. The molecule has 14 heavy (non-hydrogen) atoms. The molecule has 1 N–H and O–H groups in total. The number of sulfone groups is 1. The highest BCUT2D eigenvalue weighted by atomic mass is 32.2. The minimum Gasteiger partial charge on any atom is -0.468 e. The van der Waals surface area contributed by atoms with Crippen LogP contribution in [0.2, 0.25) is 0 Å². The monoisotopic (exact) mass is 219 g/mol. The Morgan fingerprint density at radius 1 is 1.57 bits per heavy atom. The molecule has 2 fully saturated rings. The Labute approximate surface area is 82.7 Å². The van der Waals surface area contributed by atoms with Crippen LogP contribution in [0.1, 0.15) is 6.42 Å². The lowest BCUT2D eigenvalue weighted by Crippen LogP contribution is -2.53. The second-order valence-corrected chi connectivity index (χ2v) is 6.04. The van der Waals surface area contributed by atoms with Crippen LogP contribution in [0.4, 0.5) is 0 Å². The standard InChI is InChI=1S/C8H13NO4S/c1-13-7(10)8-5-14(11,12)4-6(8)2-3-9-8/h6,9H,2-5H2,1H3/t6-,8+/m1/s1. The van der Waals surface area contributed by atoms with E-state index < -0.39 is 21.3 Å². The first-order chi connectivity index (χ1) is 6.50. The molecule has 0 bridgehead atoms. The molecule has 2 atom stereocenters. The van der Waals surface area contributed by atoms with E-state index in [4.69, 9.17) is 0 Å². The predicted molar refractivity (Wildman–Crippen MR) is 49.5 cm³/mol. The van der Waals surface area contributed by atoms with E-state index in [1.807, 2.05) is 0 Å². The third-order valence-corrected chi connectivity index (χ3v) is 4.89. The fourth-order valence-electron chi connectivity index (χ4n) is 2.45. The van der Waals surface area contributed by atoms with Gasteiger partial charge in [0.25, 0.3) is 0 Å². The number of methoxy groups -OCH3 is 1. The normalized spacial score (nSPS) is 39.4. The van der Waals surface area contributed by atoms with Crippen molar-refractivity contribution < 1.29 is 17.9 Å². The van der Waals surface area contributed by atoms with Crippen LogP contribution in [0.25, 0.3) is 0 Å². The average Bonchev–Trinajstić information content (AvgIpc) is 2.56. The van der Waals surface area contributed by atoms with Crippen LogP contribution in [0.3, 0.4) is 0 Å². The molecule has 80 valence electrons. The summed E-state index contributed by atoms with van der Waals surface area (Å²) in [5.41, 5.74) is -0.951. The lowest BCUT2D eigenvalue weighted by atomic mass is 9.89. The van der Waals surface area contributed by atoms with Crippen LogP contribution in [0.15, 0.2) is 0 Å². The van der Waals surface area contributed by atoms with Gasteiger partial charge in [0.05, 0.1) is 18.6 Å². The number of esters is 1. The molecule has 6 heteroatoms. The van der Waals surface area contributed by atoms with Crippen LogP contribution in [0.5, 0.6) is 0 Å². The van der Waals surface area contributed by atoms with Crippen molar-refractivity contribution in [3.05, 3.63) is 0 Å². The molecular formula is C8H13NO4S. The van der Waals surface area contributed by atoms with Crippen molar-refractivity contribution in [3.63, 3.8) is 0 Å². The average molecular weight is 219 g/mol. The summed E-state index contributed by atoms with van der Waals surface area (Å²) in [6.45, 7) is 0.690. The third kappa shape index (κ3) is 1.25. The summed E-state index contributed by atoms with van der Waals surface area (Å²) in [7, 11) is -1.79. The molecule has 0 unspecified atom stereocenters. The Hall–Kier alpha value is -0.620. The van der Waals surface area contributed by atoms with Gasteiger partial charge in [-0.25, -0.2) is 8.42 Å². The van der Waals surface area contributed by atoms with Gasteiger partial charge in [0.2, 0.25) is 0 Å². The quantitative estimate of drug-likeness (QED) is 0.569. The molecule has 0 aromatic rings. The molecule has 0 radical (unpaired) electrons. The number of carbonyl (C=O) groups is 1. The zero-order valence-corrected chi connectivity index (χ0v) is 8.76. The van der Waals surface area contributed by atoms with Crippen molar-refractivity contribution >= 4 is 15.8 Å². The van der Waals surface area contributed by atoms with E-state index in [1.165, 1.54) is 7.11 Å². The summed E-state index contributed by atoms with van der Waals surface area (Å²) in [4.78, 5) is 11.6. The SMILES string of the molecule is COC(=O)[C@]12CS(=O)(=O)C[C@H]1CCN2. The summed E-state index contributed by atoms with van der Waals surface area (Å²) >= 11 is 0. The van der Waals surface area contributed by atoms with Crippen LogP contribution in [-0.4, -0.2) is 45.1 Å². The van der Waals surface area contributed by atoms with Crippen molar-refractivity contribution in [1.29, 1.82) is 0 Å². The highest BCUT2D eigenvalue weighted by molar-refractivity contribution is 7.91. The Morgan fingerprint density at radius 3 is 2.93 bits per heavy atom. The van der Waals surface area contributed by atoms with Crippen molar-refractivity contribution in [2.24, 2.45) is 5.92 Å². The van der Waals surface area contributed by atoms with Gasteiger partial charge >= 0.3 is 5.97 Å². The van der Waals surface area contributed by atoms with Crippen LogP contribution < -0.4 is 5.32 Å². The van der Waals surface area contributed by atoms with Gasteiger partial charge in [-0.3, -0.25) is 4.79 Å². The molecule has 0 saturated carbocycles. The third-order valence-electron chi connectivity index (χ3n) is 3.08. The molecular weight excluding hydrogens is 206 g/mol. The van der Waals surface area contributed by atoms with Crippen molar-refractivity contribution in [2.45, 2.75) is 12.0 Å². The topological polar surface area (TPSA) is 72.5 Å². The number of rotatable bonds is 1. The lowest BCUT2D eigenvalue weighted by molar-refractivity contribution is -0.148.